The van der Waals surface area contributed by atoms with Crippen LogP contribution in [0, 0.1) is 0 Å². The van der Waals surface area contributed by atoms with E-state index in [2.05, 4.69) is 30.2 Å². The predicted octanol–water partition coefficient (Wildman–Crippen LogP) is 5.67. The van der Waals surface area contributed by atoms with E-state index >= 15 is 0 Å². The van der Waals surface area contributed by atoms with Crippen molar-refractivity contribution >= 4 is 68.9 Å². The van der Waals surface area contributed by atoms with Crippen LogP contribution in [0.4, 0.5) is 0 Å². The van der Waals surface area contributed by atoms with Crippen molar-refractivity contribution in [3.63, 3.8) is 0 Å². The van der Waals surface area contributed by atoms with Crippen molar-refractivity contribution < 1.29 is 23.8 Å². The van der Waals surface area contributed by atoms with Gasteiger partial charge in [-0.25, -0.2) is 0 Å². The van der Waals surface area contributed by atoms with Crippen molar-refractivity contribution in [3.8, 4) is 0 Å². The number of rotatable bonds is 14. The first-order chi connectivity index (χ1) is 16.3. The van der Waals surface area contributed by atoms with Gasteiger partial charge in [-0.05, 0) is 0 Å². The van der Waals surface area contributed by atoms with E-state index in [0.29, 0.717) is 0 Å². The maximum atomic E-state index is 7.13. The van der Waals surface area contributed by atoms with Crippen LogP contribution >= 0.6 is 12.4 Å². The van der Waals surface area contributed by atoms with Crippen LogP contribution in [0.15, 0.2) is 60.7 Å². The van der Waals surface area contributed by atoms with E-state index in [1.54, 1.807) is 0 Å². The summed E-state index contributed by atoms with van der Waals surface area (Å²) >= 11 is 1.69. The summed E-state index contributed by atoms with van der Waals surface area (Å²) in [6.07, 6.45) is -6.38. The predicted molar refractivity (Wildman–Crippen MR) is 150 cm³/mol. The van der Waals surface area contributed by atoms with Crippen molar-refractivity contribution in [1.29, 1.82) is 0 Å². The van der Waals surface area contributed by atoms with Gasteiger partial charge in [-0.15, -0.1) is 0 Å². The summed E-state index contributed by atoms with van der Waals surface area (Å²) in [5, 5.41) is 0. The van der Waals surface area contributed by atoms with Gasteiger partial charge >= 0.3 is 233 Å². The molecule has 0 atom stereocenters. The van der Waals surface area contributed by atoms with Gasteiger partial charge in [0, 0.05) is 0 Å². The molecule has 0 aliphatic carbocycles. The fraction of sp³-hybridized carbons (Fsp3) is 0.500. The van der Waals surface area contributed by atoms with Gasteiger partial charge in [-0.1, -0.05) is 0 Å². The van der Waals surface area contributed by atoms with Crippen LogP contribution in [0.25, 0.3) is 0 Å². The second-order valence-corrected chi connectivity index (χ2v) is 27.6. The second kappa shape index (κ2) is 14.3. The number of benzene rings is 2. The minimum absolute atomic E-state index is 0.120. The maximum absolute atomic E-state index is 7.13. The molecule has 2 aromatic rings. The van der Waals surface area contributed by atoms with Crippen LogP contribution < -0.4 is 7.16 Å². The number of hydrogen-bond donors (Lipinski definition) is 0. The van der Waals surface area contributed by atoms with E-state index in [1.165, 1.54) is 0 Å². The first-order valence-corrected chi connectivity index (χ1v) is 24.5. The topological polar surface area (TPSA) is 55.4 Å². The molecule has 11 heteroatoms. The van der Waals surface area contributed by atoms with E-state index in [9.17, 15) is 0 Å². The van der Waals surface area contributed by atoms with Crippen LogP contribution in [0.3, 0.4) is 0 Å². The quantitative estimate of drug-likeness (QED) is 0.183. The van der Waals surface area contributed by atoms with Crippen molar-refractivity contribution in [3.05, 3.63) is 60.7 Å². The molecule has 2 aromatic carbocycles. The van der Waals surface area contributed by atoms with Crippen LogP contribution in [-0.4, -0.2) is 73.8 Å². The average Bonchev–Trinajstić information content (AvgIpc) is 2.71. The molecule has 0 spiro atoms. The Morgan fingerprint density at radius 2 is 0.771 bits per heavy atom. The molecule has 6 nitrogen and oxygen atoms in total. The molecular weight excluding hydrogens is 723 g/mol. The van der Waals surface area contributed by atoms with Crippen molar-refractivity contribution in [2.45, 2.75) is 79.8 Å². The van der Waals surface area contributed by atoms with E-state index in [-0.39, 0.29) is 24.4 Å². The molecule has 0 heterocycles. The zero-order valence-corrected chi connectivity index (χ0v) is 29.8. The second-order valence-electron chi connectivity index (χ2n) is 9.04. The molecule has 35 heavy (non-hydrogen) atoms. The first kappa shape index (κ1) is 32.1. The Labute approximate surface area is 231 Å². The molecule has 0 bridgehead atoms. The van der Waals surface area contributed by atoms with Crippen LogP contribution in [0.1, 0.15) is 55.4 Å². The summed E-state index contributed by atoms with van der Waals surface area (Å²) in [6, 6.07) is 20.1. The van der Waals surface area contributed by atoms with E-state index in [4.69, 9.17) is 23.8 Å². The normalized spacial score (nSPS) is 13.4. The Kier molecular flexibility index (Phi) is 13.1. The van der Waals surface area contributed by atoms with E-state index in [0.717, 1.165) is 7.16 Å². The molecule has 0 amide bonds. The molecule has 0 radical (unpaired) electrons. The van der Waals surface area contributed by atoms with Crippen LogP contribution in [0.5, 0.6) is 0 Å². The minimum atomic E-state index is -4.62. The van der Waals surface area contributed by atoms with Gasteiger partial charge in [0.1, 0.15) is 0 Å². The molecule has 0 N–H and O–H groups in total. The standard InChI is InChI=1S/2C6H15O3PSe.2C6H5.Sn/c2*1-5(2)8-10(7,11)9-6(3)4;2*1-2-4-6-5-3-1;/h2*5-6H,1-4H3,(H,7,11);2*1-5H;/q;;;;+2/p-2. The van der Waals surface area contributed by atoms with Gasteiger partial charge in [0.25, 0.3) is 0 Å². The third-order valence-electron chi connectivity index (χ3n) is 4.15. The summed E-state index contributed by atoms with van der Waals surface area (Å²) in [6.45, 7) is 15.8. The zero-order valence-electron chi connectivity index (χ0n) is 21.7. The van der Waals surface area contributed by atoms with Gasteiger partial charge < -0.3 is 0 Å². The number of hydrogen-bond acceptors (Lipinski definition) is 6. The average molecular weight is 761 g/mol. The molecule has 0 aromatic heterocycles. The third kappa shape index (κ3) is 10.2. The molecule has 0 aliphatic heterocycles. The van der Waals surface area contributed by atoms with Crippen molar-refractivity contribution in [2.24, 2.45) is 0 Å². The van der Waals surface area contributed by atoms with Gasteiger partial charge in [0.15, 0.2) is 0 Å². The Bertz CT molecular complexity index is 896. The summed E-state index contributed by atoms with van der Waals surface area (Å²) in [4.78, 5) is 0. The third-order valence-corrected chi connectivity index (χ3v) is 30.8. The summed E-state index contributed by atoms with van der Waals surface area (Å²) in [5.41, 5.74) is 0. The molecule has 0 saturated carbocycles. The van der Waals surface area contributed by atoms with E-state index in [1.807, 2.05) is 116 Å². The molecule has 196 valence electrons. The SMILES string of the molecule is CC(C)OP(=[Se])(OC(C)C)[O][Sn]([O]P(=[Se])(OC(C)C)OC(C)C)([c]1ccccc1)[c]1ccccc1. The zero-order chi connectivity index (χ0) is 26.3. The Morgan fingerprint density at radius 1 is 0.514 bits per heavy atom. The fourth-order valence-corrected chi connectivity index (χ4v) is 35.8. The van der Waals surface area contributed by atoms with Crippen molar-refractivity contribution in [1.82, 2.24) is 0 Å². The van der Waals surface area contributed by atoms with E-state index < -0.39 is 31.6 Å². The molecule has 0 aliphatic rings. The molecule has 0 unspecified atom stereocenters. The van der Waals surface area contributed by atoms with Gasteiger partial charge in [0.05, 0.1) is 0 Å². The van der Waals surface area contributed by atoms with Gasteiger partial charge in [-0.3, -0.25) is 0 Å². The van der Waals surface area contributed by atoms with Crippen molar-refractivity contribution in [2.75, 3.05) is 0 Å². The molecule has 0 saturated heterocycles. The Morgan fingerprint density at radius 3 is 1.00 bits per heavy atom. The monoisotopic (exact) mass is 764 g/mol. The molecule has 0 fully saturated rings. The first-order valence-electron chi connectivity index (χ1n) is 11.8. The molecular formula is C24H38O6P2Se2Sn. The summed E-state index contributed by atoms with van der Waals surface area (Å²) in [5.74, 6) is 0. The summed E-state index contributed by atoms with van der Waals surface area (Å²) < 4.78 is 41.5. The van der Waals surface area contributed by atoms with Crippen LogP contribution in [-0.2, 0) is 23.8 Å². The fourth-order valence-electron chi connectivity index (χ4n) is 3.19. The molecule has 2 rings (SSSR count). The van der Waals surface area contributed by atoms with Gasteiger partial charge in [-0.2, -0.15) is 0 Å². The Hall–Kier alpha value is 0.898. The Balaban J connectivity index is 2.82. The van der Waals surface area contributed by atoms with Crippen LogP contribution in [0.2, 0.25) is 0 Å². The van der Waals surface area contributed by atoms with Gasteiger partial charge in [0.2, 0.25) is 0 Å². The summed E-state index contributed by atoms with van der Waals surface area (Å²) in [7, 11) is 0.